The molecule has 180 valence electrons. The number of furan rings is 1. The number of ketones is 1. The van der Waals surface area contributed by atoms with Crippen LogP contribution in [0.3, 0.4) is 0 Å². The topological polar surface area (TPSA) is 108 Å². The standard InChI is InChI=1S/C26H33BrO6/c1-24-6-3-16(28)9-14(24)10-17(20-11-15(27)13-33-20)22-18-4-7-26(32,8-5-21(30)31)25(18,2)12-19(29)23(22)24/h9,11,13,17-19,22-23,29,32H,3-8,10,12H2,1-2H3,(H,30,31)/t17-,18-,19+,22-,23-,24-,25-,26+/m0/s1. The van der Waals surface area contributed by atoms with Gasteiger partial charge in [0.05, 0.1) is 16.2 Å². The fourth-order valence-corrected chi connectivity index (χ4v) is 8.63. The monoisotopic (exact) mass is 520 g/mol. The van der Waals surface area contributed by atoms with Crippen LogP contribution in [0.2, 0.25) is 0 Å². The van der Waals surface area contributed by atoms with Gasteiger partial charge < -0.3 is 19.7 Å². The van der Waals surface area contributed by atoms with Gasteiger partial charge >= 0.3 is 5.97 Å². The van der Waals surface area contributed by atoms with E-state index in [0.29, 0.717) is 25.7 Å². The van der Waals surface area contributed by atoms with Gasteiger partial charge in [0.2, 0.25) is 0 Å². The van der Waals surface area contributed by atoms with E-state index >= 15 is 0 Å². The van der Waals surface area contributed by atoms with Gasteiger partial charge in [-0.05, 0) is 89.8 Å². The highest BCUT2D eigenvalue weighted by Gasteiger charge is 2.68. The molecule has 0 unspecified atom stereocenters. The normalized spacial score (nSPS) is 44.6. The summed E-state index contributed by atoms with van der Waals surface area (Å²) in [7, 11) is 0. The molecule has 0 saturated heterocycles. The predicted octanol–water partition coefficient (Wildman–Crippen LogP) is 4.83. The Morgan fingerprint density at radius 3 is 2.73 bits per heavy atom. The second-order valence-electron chi connectivity index (χ2n) is 11.4. The molecule has 0 radical (unpaired) electrons. The van der Waals surface area contributed by atoms with Crippen LogP contribution in [0.5, 0.6) is 0 Å². The third-order valence-corrected chi connectivity index (χ3v) is 10.4. The zero-order valence-electron chi connectivity index (χ0n) is 19.2. The van der Waals surface area contributed by atoms with Crippen molar-refractivity contribution >= 4 is 27.7 Å². The maximum absolute atomic E-state index is 12.3. The van der Waals surface area contributed by atoms with Crippen molar-refractivity contribution in [2.75, 3.05) is 0 Å². The molecule has 1 aromatic heterocycles. The number of allylic oxidation sites excluding steroid dienone is 1. The Hall–Kier alpha value is -1.44. The SMILES string of the molecule is C[C@]12CCC(=O)C=C1C[C@@H](c1cc(Br)co1)[C@@H]1[C@@H]2[C@H](O)C[C@@]2(C)[C@H]1CC[C@@]2(O)CCC(=O)O. The lowest BCUT2D eigenvalue weighted by molar-refractivity contribution is -0.180. The minimum Gasteiger partial charge on any atom is -0.481 e. The van der Waals surface area contributed by atoms with Crippen molar-refractivity contribution < 1.29 is 29.3 Å². The first-order chi connectivity index (χ1) is 15.5. The smallest absolute Gasteiger partial charge is 0.303 e. The van der Waals surface area contributed by atoms with E-state index in [4.69, 9.17) is 4.42 Å². The lowest BCUT2D eigenvalue weighted by atomic mass is 9.43. The number of carboxylic acid groups (broad SMARTS) is 1. The molecule has 0 aliphatic heterocycles. The van der Waals surface area contributed by atoms with Crippen molar-refractivity contribution in [1.82, 2.24) is 0 Å². The molecule has 5 rings (SSSR count). The highest BCUT2D eigenvalue weighted by molar-refractivity contribution is 9.10. The number of aliphatic carboxylic acids is 1. The van der Waals surface area contributed by atoms with Crippen molar-refractivity contribution in [1.29, 1.82) is 0 Å². The maximum Gasteiger partial charge on any atom is 0.303 e. The van der Waals surface area contributed by atoms with E-state index in [1.165, 1.54) is 0 Å². The fourth-order valence-electron chi connectivity index (χ4n) is 8.31. The molecule has 6 nitrogen and oxygen atoms in total. The van der Waals surface area contributed by atoms with E-state index in [9.17, 15) is 24.9 Å². The molecule has 8 atom stereocenters. The maximum atomic E-state index is 12.3. The van der Waals surface area contributed by atoms with Gasteiger partial charge in [0.1, 0.15) is 12.0 Å². The van der Waals surface area contributed by atoms with Gasteiger partial charge in [-0.3, -0.25) is 9.59 Å². The summed E-state index contributed by atoms with van der Waals surface area (Å²) in [6.07, 6.45) is 6.69. The third kappa shape index (κ3) is 3.41. The van der Waals surface area contributed by atoms with Crippen LogP contribution in [0.1, 0.15) is 76.9 Å². The van der Waals surface area contributed by atoms with Crippen molar-refractivity contribution in [3.63, 3.8) is 0 Å². The Morgan fingerprint density at radius 2 is 2.06 bits per heavy atom. The number of carbonyl (C=O) groups is 2. The molecule has 0 aromatic carbocycles. The van der Waals surface area contributed by atoms with Crippen molar-refractivity contribution in [2.45, 2.75) is 82.8 Å². The Labute approximate surface area is 202 Å². The van der Waals surface area contributed by atoms with Crippen molar-refractivity contribution in [3.8, 4) is 0 Å². The second kappa shape index (κ2) is 7.79. The van der Waals surface area contributed by atoms with Gasteiger partial charge in [-0.2, -0.15) is 0 Å². The van der Waals surface area contributed by atoms with Crippen LogP contribution < -0.4 is 0 Å². The van der Waals surface area contributed by atoms with Crippen LogP contribution in [0.15, 0.2) is 32.9 Å². The minimum atomic E-state index is -1.12. The molecule has 3 fully saturated rings. The lowest BCUT2D eigenvalue weighted by Gasteiger charge is -2.62. The minimum absolute atomic E-state index is 0.00683. The van der Waals surface area contributed by atoms with E-state index < -0.39 is 23.1 Å². The van der Waals surface area contributed by atoms with Gasteiger partial charge in [0.25, 0.3) is 0 Å². The van der Waals surface area contributed by atoms with Gasteiger partial charge in [0, 0.05) is 24.2 Å². The number of aliphatic hydroxyl groups is 2. The zero-order chi connectivity index (χ0) is 23.8. The Balaban J connectivity index is 1.61. The molecule has 1 heterocycles. The van der Waals surface area contributed by atoms with Gasteiger partial charge in [-0.1, -0.05) is 19.4 Å². The highest BCUT2D eigenvalue weighted by atomic mass is 79.9. The highest BCUT2D eigenvalue weighted by Crippen LogP contribution is 2.70. The van der Waals surface area contributed by atoms with Gasteiger partial charge in [-0.15, -0.1) is 0 Å². The molecule has 7 heteroatoms. The van der Waals surface area contributed by atoms with Crippen LogP contribution >= 0.6 is 15.9 Å². The zero-order valence-corrected chi connectivity index (χ0v) is 20.8. The molecule has 33 heavy (non-hydrogen) atoms. The summed E-state index contributed by atoms with van der Waals surface area (Å²) in [6.45, 7) is 4.26. The van der Waals surface area contributed by atoms with Crippen LogP contribution in [-0.2, 0) is 9.59 Å². The summed E-state index contributed by atoms with van der Waals surface area (Å²) in [5, 5.41) is 32.7. The fraction of sp³-hybridized carbons (Fsp3) is 0.692. The second-order valence-corrected chi connectivity index (χ2v) is 12.3. The average molecular weight is 521 g/mol. The summed E-state index contributed by atoms with van der Waals surface area (Å²) in [6, 6.07) is 1.99. The number of carbonyl (C=O) groups excluding carboxylic acids is 1. The van der Waals surface area contributed by atoms with Crippen molar-refractivity contribution in [3.05, 3.63) is 34.2 Å². The first kappa shape index (κ1) is 23.3. The van der Waals surface area contributed by atoms with Gasteiger partial charge in [0.15, 0.2) is 5.78 Å². The summed E-state index contributed by atoms with van der Waals surface area (Å²) >= 11 is 3.50. The molecule has 0 amide bonds. The molecule has 0 bridgehead atoms. The molecule has 4 aliphatic rings. The number of rotatable bonds is 4. The van der Waals surface area contributed by atoms with Gasteiger partial charge in [-0.25, -0.2) is 0 Å². The van der Waals surface area contributed by atoms with Crippen LogP contribution in [0.25, 0.3) is 0 Å². The molecule has 3 N–H and O–H groups in total. The third-order valence-electron chi connectivity index (χ3n) is 9.98. The number of hydrogen-bond donors (Lipinski definition) is 3. The lowest BCUT2D eigenvalue weighted by Crippen LogP contribution is -2.61. The summed E-state index contributed by atoms with van der Waals surface area (Å²) < 4.78 is 6.82. The quantitative estimate of drug-likeness (QED) is 0.524. The molecule has 0 spiro atoms. The number of aliphatic hydroxyl groups excluding tert-OH is 1. The number of carboxylic acids is 1. The average Bonchev–Trinajstić information content (AvgIpc) is 3.27. The van der Waals surface area contributed by atoms with E-state index in [-0.39, 0.29) is 47.7 Å². The summed E-state index contributed by atoms with van der Waals surface area (Å²) in [5.74, 6) is 0.247. The summed E-state index contributed by atoms with van der Waals surface area (Å²) in [5.41, 5.74) is -0.843. The number of halogens is 1. The largest absolute Gasteiger partial charge is 0.481 e. The molecule has 1 aromatic rings. The Kier molecular flexibility index (Phi) is 5.50. The van der Waals surface area contributed by atoms with Crippen LogP contribution in [0.4, 0.5) is 0 Å². The predicted molar refractivity (Wildman–Crippen MR) is 124 cm³/mol. The van der Waals surface area contributed by atoms with Crippen molar-refractivity contribution in [2.24, 2.45) is 28.6 Å². The van der Waals surface area contributed by atoms with E-state index in [2.05, 4.69) is 29.8 Å². The molecular weight excluding hydrogens is 488 g/mol. The number of fused-ring (bicyclic) bond motifs is 5. The molecule has 3 saturated carbocycles. The molecule has 4 aliphatic carbocycles. The van der Waals surface area contributed by atoms with Crippen LogP contribution in [-0.4, -0.2) is 38.8 Å². The van der Waals surface area contributed by atoms with Crippen LogP contribution in [0, 0.1) is 28.6 Å². The van der Waals surface area contributed by atoms with E-state index in [1.807, 2.05) is 12.1 Å². The first-order valence-corrected chi connectivity index (χ1v) is 12.9. The van der Waals surface area contributed by atoms with E-state index in [1.54, 1.807) is 6.26 Å². The summed E-state index contributed by atoms with van der Waals surface area (Å²) in [4.78, 5) is 23.7. The Bertz CT molecular complexity index is 1010. The van der Waals surface area contributed by atoms with E-state index in [0.717, 1.165) is 28.6 Å². The number of hydrogen-bond acceptors (Lipinski definition) is 5. The molecular formula is C26H33BrO6. The first-order valence-electron chi connectivity index (χ1n) is 12.1. The Morgan fingerprint density at radius 1 is 1.30 bits per heavy atom.